The predicted molar refractivity (Wildman–Crippen MR) is 89.2 cm³/mol. The van der Waals surface area contributed by atoms with Gasteiger partial charge in [0, 0.05) is 32.8 Å². The molecule has 0 bridgehead atoms. The van der Waals surface area contributed by atoms with E-state index in [-0.39, 0.29) is 18.1 Å². The van der Waals surface area contributed by atoms with Crippen LogP contribution in [0.2, 0.25) is 0 Å². The Hall–Kier alpha value is -2.64. The molecule has 8 nitrogen and oxygen atoms in total. The second kappa shape index (κ2) is 9.39. The Morgan fingerprint density at radius 2 is 1.91 bits per heavy atom. The number of carbonyl (C=O) groups is 1. The molecule has 0 fully saturated rings. The number of guanidine groups is 1. The molecule has 0 unspecified atom stereocenters. The van der Waals surface area contributed by atoms with Gasteiger partial charge in [0.2, 0.25) is 5.91 Å². The van der Waals surface area contributed by atoms with E-state index in [0.717, 1.165) is 18.5 Å². The average molecular weight is 321 g/mol. The summed E-state index contributed by atoms with van der Waals surface area (Å²) in [5.41, 5.74) is 0.906. The first-order valence-corrected chi connectivity index (χ1v) is 7.39. The predicted octanol–water partition coefficient (Wildman–Crippen LogP) is 1.13. The van der Waals surface area contributed by atoms with Crippen LogP contribution in [0.4, 0.5) is 5.69 Å². The molecule has 23 heavy (non-hydrogen) atoms. The summed E-state index contributed by atoms with van der Waals surface area (Å²) in [6.45, 7) is 3.30. The van der Waals surface area contributed by atoms with E-state index in [1.54, 1.807) is 26.2 Å². The minimum atomic E-state index is -0.435. The highest BCUT2D eigenvalue weighted by molar-refractivity contribution is 5.86. The topological polar surface area (TPSA) is 99.9 Å². The molecule has 126 valence electrons. The van der Waals surface area contributed by atoms with Crippen LogP contribution in [0, 0.1) is 10.1 Å². The van der Waals surface area contributed by atoms with Crippen LogP contribution in [0.15, 0.2) is 29.3 Å². The van der Waals surface area contributed by atoms with Crippen molar-refractivity contribution in [2.24, 2.45) is 4.99 Å². The highest BCUT2D eigenvalue weighted by Crippen LogP contribution is 2.12. The fourth-order valence-corrected chi connectivity index (χ4v) is 1.63. The van der Waals surface area contributed by atoms with Crippen LogP contribution >= 0.6 is 0 Å². The molecule has 0 heterocycles. The maximum absolute atomic E-state index is 11.6. The fraction of sp³-hybridized carbons (Fsp3) is 0.467. The lowest BCUT2D eigenvalue weighted by Crippen LogP contribution is -2.43. The molecular weight excluding hydrogens is 298 g/mol. The Kier molecular flexibility index (Phi) is 7.52. The summed E-state index contributed by atoms with van der Waals surface area (Å²) in [7, 11) is 3.38. The molecule has 0 aromatic heterocycles. The molecule has 0 saturated heterocycles. The first kappa shape index (κ1) is 18.4. The van der Waals surface area contributed by atoms with Gasteiger partial charge in [-0.15, -0.1) is 0 Å². The van der Waals surface area contributed by atoms with Gasteiger partial charge in [-0.25, -0.2) is 4.99 Å². The molecule has 1 aromatic rings. The van der Waals surface area contributed by atoms with E-state index in [1.165, 1.54) is 17.0 Å². The van der Waals surface area contributed by atoms with Gasteiger partial charge in [0.05, 0.1) is 18.0 Å². The maximum atomic E-state index is 11.6. The van der Waals surface area contributed by atoms with Gasteiger partial charge in [-0.05, 0) is 12.0 Å². The minimum Gasteiger partial charge on any atom is -0.356 e. The number of non-ortho nitro benzene ring substituents is 1. The summed E-state index contributed by atoms with van der Waals surface area (Å²) < 4.78 is 0. The number of hydrogen-bond donors (Lipinski definition) is 2. The molecule has 2 N–H and O–H groups in total. The Morgan fingerprint density at radius 3 is 2.43 bits per heavy atom. The number of hydrogen-bond acceptors (Lipinski definition) is 4. The van der Waals surface area contributed by atoms with Crippen LogP contribution in [-0.2, 0) is 11.3 Å². The van der Waals surface area contributed by atoms with Crippen molar-refractivity contribution in [3.05, 3.63) is 39.9 Å². The molecule has 0 aliphatic carbocycles. The van der Waals surface area contributed by atoms with Crippen molar-refractivity contribution < 1.29 is 9.72 Å². The lowest BCUT2D eigenvalue weighted by molar-refractivity contribution is -0.384. The van der Waals surface area contributed by atoms with E-state index in [4.69, 9.17) is 0 Å². The first-order valence-electron chi connectivity index (χ1n) is 7.39. The zero-order valence-corrected chi connectivity index (χ0v) is 13.7. The second-order valence-corrected chi connectivity index (χ2v) is 5.16. The van der Waals surface area contributed by atoms with Gasteiger partial charge in [0.25, 0.3) is 5.69 Å². The van der Waals surface area contributed by atoms with Crippen LogP contribution in [0.3, 0.4) is 0 Å². The van der Waals surface area contributed by atoms with E-state index in [0.29, 0.717) is 12.5 Å². The van der Waals surface area contributed by atoms with Crippen molar-refractivity contribution in [1.82, 2.24) is 15.5 Å². The Morgan fingerprint density at radius 1 is 1.26 bits per heavy atom. The smallest absolute Gasteiger partial charge is 0.269 e. The number of nitro groups is 1. The maximum Gasteiger partial charge on any atom is 0.269 e. The molecule has 8 heteroatoms. The number of nitrogens with one attached hydrogen (secondary N) is 2. The van der Waals surface area contributed by atoms with Crippen molar-refractivity contribution in [1.29, 1.82) is 0 Å². The van der Waals surface area contributed by atoms with Crippen molar-refractivity contribution >= 4 is 17.6 Å². The normalized spacial score (nSPS) is 11.0. The molecule has 0 saturated carbocycles. The second-order valence-electron chi connectivity index (χ2n) is 5.16. The SMILES string of the molecule is CCCNC(=NCc1ccc([N+](=O)[O-])cc1)NCC(=O)N(C)C. The number of aliphatic imine (C=N–C) groups is 1. The molecule has 0 aliphatic heterocycles. The van der Waals surface area contributed by atoms with Crippen LogP contribution in [0.1, 0.15) is 18.9 Å². The van der Waals surface area contributed by atoms with Crippen molar-refractivity contribution in [3.63, 3.8) is 0 Å². The standard InChI is InChI=1S/C15H23N5O3/c1-4-9-16-15(18-11-14(21)19(2)3)17-10-12-5-7-13(8-6-12)20(22)23/h5-8H,4,9-11H2,1-3H3,(H2,16,17,18). The summed E-state index contributed by atoms with van der Waals surface area (Å²) in [4.78, 5) is 27.7. The quantitative estimate of drug-likeness (QED) is 0.339. The number of carbonyl (C=O) groups excluding carboxylic acids is 1. The van der Waals surface area contributed by atoms with Crippen LogP contribution in [0.25, 0.3) is 0 Å². The minimum absolute atomic E-state index is 0.0497. The van der Waals surface area contributed by atoms with Gasteiger partial charge >= 0.3 is 0 Å². The van der Waals surface area contributed by atoms with E-state index < -0.39 is 4.92 Å². The number of amides is 1. The van der Waals surface area contributed by atoms with Crippen molar-refractivity contribution in [2.75, 3.05) is 27.2 Å². The van der Waals surface area contributed by atoms with Crippen LogP contribution in [-0.4, -0.2) is 48.9 Å². The molecule has 1 amide bonds. The Balaban J connectivity index is 2.67. The van der Waals surface area contributed by atoms with E-state index in [9.17, 15) is 14.9 Å². The monoisotopic (exact) mass is 321 g/mol. The zero-order chi connectivity index (χ0) is 17.2. The Bertz CT molecular complexity index is 555. The van der Waals surface area contributed by atoms with Crippen LogP contribution < -0.4 is 10.6 Å². The fourth-order valence-electron chi connectivity index (χ4n) is 1.63. The summed E-state index contributed by atoms with van der Waals surface area (Å²) in [6, 6.07) is 6.24. The average Bonchev–Trinajstić information content (AvgIpc) is 2.54. The highest BCUT2D eigenvalue weighted by atomic mass is 16.6. The van der Waals surface area contributed by atoms with Gasteiger partial charge < -0.3 is 15.5 Å². The molecule has 1 aromatic carbocycles. The van der Waals surface area contributed by atoms with Gasteiger partial charge in [-0.2, -0.15) is 0 Å². The number of nitrogens with zero attached hydrogens (tertiary/aromatic N) is 3. The lowest BCUT2D eigenvalue weighted by atomic mass is 10.2. The molecule has 1 rings (SSSR count). The number of nitro benzene ring substituents is 1. The van der Waals surface area contributed by atoms with Crippen molar-refractivity contribution in [3.8, 4) is 0 Å². The number of benzene rings is 1. The third kappa shape index (κ3) is 6.77. The van der Waals surface area contributed by atoms with E-state index in [2.05, 4.69) is 15.6 Å². The zero-order valence-electron chi connectivity index (χ0n) is 13.7. The molecule has 0 spiro atoms. The third-order valence-electron chi connectivity index (χ3n) is 3.02. The Labute approximate surface area is 135 Å². The summed E-state index contributed by atoms with van der Waals surface area (Å²) in [5.74, 6) is 0.492. The molecule has 0 radical (unpaired) electrons. The van der Waals surface area contributed by atoms with Gasteiger partial charge in [0.15, 0.2) is 5.96 Å². The largest absolute Gasteiger partial charge is 0.356 e. The van der Waals surface area contributed by atoms with Crippen molar-refractivity contribution in [2.45, 2.75) is 19.9 Å². The number of likely N-dealkylation sites (N-methyl/N-ethyl adjacent to an activating group) is 1. The summed E-state index contributed by atoms with van der Waals surface area (Å²) >= 11 is 0. The molecule has 0 aliphatic rings. The van der Waals surface area contributed by atoms with Crippen LogP contribution in [0.5, 0.6) is 0 Å². The summed E-state index contributed by atoms with van der Waals surface area (Å²) in [5, 5.41) is 16.7. The third-order valence-corrected chi connectivity index (χ3v) is 3.02. The van der Waals surface area contributed by atoms with E-state index in [1.807, 2.05) is 6.92 Å². The van der Waals surface area contributed by atoms with Gasteiger partial charge in [-0.1, -0.05) is 19.1 Å². The van der Waals surface area contributed by atoms with Gasteiger partial charge in [0.1, 0.15) is 0 Å². The molecule has 0 atom stereocenters. The lowest BCUT2D eigenvalue weighted by Gasteiger charge is -2.14. The first-order chi connectivity index (χ1) is 10.9. The molecular formula is C15H23N5O3. The van der Waals surface area contributed by atoms with E-state index >= 15 is 0 Å². The highest BCUT2D eigenvalue weighted by Gasteiger charge is 2.06. The summed E-state index contributed by atoms with van der Waals surface area (Å²) in [6.07, 6.45) is 0.930. The van der Waals surface area contributed by atoms with Gasteiger partial charge in [-0.3, -0.25) is 14.9 Å². The number of rotatable bonds is 7.